The summed E-state index contributed by atoms with van der Waals surface area (Å²) >= 11 is 0. The minimum Gasteiger partial charge on any atom is -0.494 e. The van der Waals surface area contributed by atoms with E-state index >= 15 is 0 Å². The minimum absolute atomic E-state index is 0.0356. The predicted molar refractivity (Wildman–Crippen MR) is 59.6 cm³/mol. The third-order valence-electron chi connectivity index (χ3n) is 1.86. The molecule has 84 valence electrons. The second-order valence-electron chi connectivity index (χ2n) is 3.03. The van der Waals surface area contributed by atoms with E-state index in [0.29, 0.717) is 6.61 Å². The third kappa shape index (κ3) is 2.41. The van der Waals surface area contributed by atoms with Gasteiger partial charge in [0.25, 0.3) is 0 Å². The molecule has 1 aromatic carbocycles. The lowest BCUT2D eigenvalue weighted by Gasteiger charge is -2.04. The first-order valence-electron chi connectivity index (χ1n) is 4.87. The van der Waals surface area contributed by atoms with Crippen LogP contribution in [0.1, 0.15) is 6.92 Å². The van der Waals surface area contributed by atoms with Crippen LogP contribution in [0.25, 0.3) is 0 Å². The maximum absolute atomic E-state index is 5.32. The second kappa shape index (κ2) is 4.52. The lowest BCUT2D eigenvalue weighted by molar-refractivity contribution is 0.340. The van der Waals surface area contributed by atoms with Crippen molar-refractivity contribution in [3.8, 4) is 5.75 Å². The van der Waals surface area contributed by atoms with Gasteiger partial charge in [-0.1, -0.05) is 10.2 Å². The van der Waals surface area contributed by atoms with Crippen LogP contribution in [-0.2, 0) is 0 Å². The standard InChI is InChI=1S/C10H12N4O2/c1-2-15-8-5-3-7(4-6-8)12-10-14-13-9(11)16-10/h3-6H,2H2,1H3,(H2,11,13)(H,12,14). The number of anilines is 3. The Balaban J connectivity index is 2.05. The molecule has 0 radical (unpaired) electrons. The molecule has 6 nitrogen and oxygen atoms in total. The highest BCUT2D eigenvalue weighted by molar-refractivity contribution is 5.53. The van der Waals surface area contributed by atoms with E-state index in [4.69, 9.17) is 14.9 Å². The molecule has 0 bridgehead atoms. The topological polar surface area (TPSA) is 86.2 Å². The van der Waals surface area contributed by atoms with Gasteiger partial charge >= 0.3 is 12.0 Å². The number of rotatable bonds is 4. The van der Waals surface area contributed by atoms with E-state index in [-0.39, 0.29) is 12.0 Å². The first-order valence-corrected chi connectivity index (χ1v) is 4.87. The smallest absolute Gasteiger partial charge is 0.321 e. The number of nitrogens with one attached hydrogen (secondary N) is 1. The van der Waals surface area contributed by atoms with Gasteiger partial charge in [-0.05, 0) is 31.2 Å². The number of benzene rings is 1. The molecule has 6 heteroatoms. The highest BCUT2D eigenvalue weighted by atomic mass is 16.5. The van der Waals surface area contributed by atoms with E-state index in [0.717, 1.165) is 11.4 Å². The van der Waals surface area contributed by atoms with Crippen molar-refractivity contribution in [3.05, 3.63) is 24.3 Å². The van der Waals surface area contributed by atoms with Gasteiger partial charge in [-0.15, -0.1) is 0 Å². The van der Waals surface area contributed by atoms with Gasteiger partial charge in [0.15, 0.2) is 0 Å². The van der Waals surface area contributed by atoms with Crippen molar-refractivity contribution in [1.82, 2.24) is 10.2 Å². The van der Waals surface area contributed by atoms with Crippen LogP contribution < -0.4 is 15.8 Å². The first kappa shape index (κ1) is 10.3. The van der Waals surface area contributed by atoms with Gasteiger partial charge in [-0.25, -0.2) is 0 Å². The fourth-order valence-electron chi connectivity index (χ4n) is 1.21. The van der Waals surface area contributed by atoms with Crippen molar-refractivity contribution < 1.29 is 9.15 Å². The molecular weight excluding hydrogens is 208 g/mol. The number of nitrogens with two attached hydrogens (primary N) is 1. The Morgan fingerprint density at radius 3 is 2.62 bits per heavy atom. The van der Waals surface area contributed by atoms with Crippen LogP contribution in [0.15, 0.2) is 28.7 Å². The summed E-state index contributed by atoms with van der Waals surface area (Å²) in [6.07, 6.45) is 0. The number of nitrogen functional groups attached to an aromatic ring is 1. The van der Waals surface area contributed by atoms with E-state index in [9.17, 15) is 0 Å². The molecule has 1 heterocycles. The van der Waals surface area contributed by atoms with Crippen LogP contribution in [0, 0.1) is 0 Å². The van der Waals surface area contributed by atoms with Gasteiger partial charge in [-0.3, -0.25) is 0 Å². The fraction of sp³-hybridized carbons (Fsp3) is 0.200. The Kier molecular flexibility index (Phi) is 2.90. The lowest BCUT2D eigenvalue weighted by Crippen LogP contribution is -1.93. The van der Waals surface area contributed by atoms with Crippen molar-refractivity contribution in [2.45, 2.75) is 6.92 Å². The Bertz CT molecular complexity index is 452. The summed E-state index contributed by atoms with van der Waals surface area (Å²) in [6, 6.07) is 7.71. The van der Waals surface area contributed by atoms with Crippen molar-refractivity contribution in [2.75, 3.05) is 17.7 Å². The molecular formula is C10H12N4O2. The summed E-state index contributed by atoms with van der Waals surface area (Å²) in [7, 11) is 0. The van der Waals surface area contributed by atoms with Crippen LogP contribution in [0.3, 0.4) is 0 Å². The fourth-order valence-corrected chi connectivity index (χ4v) is 1.21. The van der Waals surface area contributed by atoms with E-state index < -0.39 is 0 Å². The highest BCUT2D eigenvalue weighted by Crippen LogP contribution is 2.19. The number of hydrogen-bond acceptors (Lipinski definition) is 6. The molecule has 2 aromatic rings. The molecule has 0 atom stereocenters. The molecule has 16 heavy (non-hydrogen) atoms. The average Bonchev–Trinajstić information content (AvgIpc) is 2.67. The third-order valence-corrected chi connectivity index (χ3v) is 1.86. The largest absolute Gasteiger partial charge is 0.494 e. The van der Waals surface area contributed by atoms with Crippen LogP contribution in [0.2, 0.25) is 0 Å². The molecule has 0 aliphatic rings. The Labute approximate surface area is 92.4 Å². The monoisotopic (exact) mass is 220 g/mol. The summed E-state index contributed by atoms with van der Waals surface area (Å²) < 4.78 is 10.3. The zero-order valence-electron chi connectivity index (χ0n) is 8.80. The zero-order chi connectivity index (χ0) is 11.4. The van der Waals surface area contributed by atoms with Crippen molar-refractivity contribution in [1.29, 1.82) is 0 Å². The van der Waals surface area contributed by atoms with Crippen LogP contribution >= 0.6 is 0 Å². The van der Waals surface area contributed by atoms with E-state index in [2.05, 4.69) is 15.5 Å². The minimum atomic E-state index is 0.0356. The number of nitrogens with zero attached hydrogens (tertiary/aromatic N) is 2. The van der Waals surface area contributed by atoms with Crippen molar-refractivity contribution in [3.63, 3.8) is 0 Å². The molecule has 0 saturated carbocycles. The molecule has 0 aliphatic heterocycles. The number of ether oxygens (including phenoxy) is 1. The molecule has 1 aromatic heterocycles. The summed E-state index contributed by atoms with van der Waals surface area (Å²) in [4.78, 5) is 0. The van der Waals surface area contributed by atoms with E-state index in [1.54, 1.807) is 0 Å². The maximum atomic E-state index is 5.32. The molecule has 0 aliphatic carbocycles. The average molecular weight is 220 g/mol. The quantitative estimate of drug-likeness (QED) is 0.816. The molecule has 0 amide bonds. The van der Waals surface area contributed by atoms with E-state index in [1.165, 1.54) is 0 Å². The second-order valence-corrected chi connectivity index (χ2v) is 3.03. The zero-order valence-corrected chi connectivity index (χ0v) is 8.80. The maximum Gasteiger partial charge on any atom is 0.321 e. The highest BCUT2D eigenvalue weighted by Gasteiger charge is 2.02. The Hall–Kier alpha value is -2.24. The van der Waals surface area contributed by atoms with Crippen molar-refractivity contribution >= 4 is 17.7 Å². The Morgan fingerprint density at radius 1 is 1.31 bits per heavy atom. The number of hydrogen-bond donors (Lipinski definition) is 2. The van der Waals surface area contributed by atoms with Crippen molar-refractivity contribution in [2.24, 2.45) is 0 Å². The molecule has 2 rings (SSSR count). The SMILES string of the molecule is CCOc1ccc(Nc2nnc(N)o2)cc1. The summed E-state index contributed by atoms with van der Waals surface area (Å²) in [5.74, 6) is 0.818. The predicted octanol–water partition coefficient (Wildman–Crippen LogP) is 1.79. The van der Waals surface area contributed by atoms with Gasteiger partial charge < -0.3 is 20.2 Å². The van der Waals surface area contributed by atoms with E-state index in [1.807, 2.05) is 31.2 Å². The lowest BCUT2D eigenvalue weighted by atomic mass is 10.3. The van der Waals surface area contributed by atoms with Crippen LogP contribution in [0.4, 0.5) is 17.7 Å². The normalized spacial score (nSPS) is 10.1. The number of aromatic nitrogens is 2. The van der Waals surface area contributed by atoms with Gasteiger partial charge in [0.1, 0.15) is 5.75 Å². The summed E-state index contributed by atoms with van der Waals surface area (Å²) in [5, 5.41) is 10.1. The molecule has 0 unspecified atom stereocenters. The molecule has 0 spiro atoms. The summed E-state index contributed by atoms with van der Waals surface area (Å²) in [6.45, 7) is 2.58. The van der Waals surface area contributed by atoms with Gasteiger partial charge in [0.2, 0.25) is 0 Å². The van der Waals surface area contributed by atoms with Crippen LogP contribution in [-0.4, -0.2) is 16.8 Å². The van der Waals surface area contributed by atoms with Gasteiger partial charge in [0.05, 0.1) is 6.61 Å². The summed E-state index contributed by atoms with van der Waals surface area (Å²) in [5.41, 5.74) is 6.12. The van der Waals surface area contributed by atoms with Gasteiger partial charge in [-0.2, -0.15) is 0 Å². The molecule has 3 N–H and O–H groups in total. The first-order chi connectivity index (χ1) is 7.78. The van der Waals surface area contributed by atoms with Gasteiger partial charge in [0, 0.05) is 5.69 Å². The Morgan fingerprint density at radius 2 is 2.06 bits per heavy atom. The molecule has 0 fully saturated rings. The molecule has 0 saturated heterocycles. The van der Waals surface area contributed by atoms with Crippen LogP contribution in [0.5, 0.6) is 5.75 Å².